The third kappa shape index (κ3) is 8.27. The van der Waals surface area contributed by atoms with Crippen molar-refractivity contribution < 1.29 is 26.5 Å². The molecule has 2 atom stereocenters. The molecule has 7 heteroatoms. The minimum Gasteiger partial charge on any atom is -0.779 e. The average Bonchev–Trinajstić information content (AvgIpc) is 2.85. The quantitative estimate of drug-likeness (QED) is 0.253. The van der Waals surface area contributed by atoms with E-state index in [0.29, 0.717) is 0 Å². The molecule has 4 nitrogen and oxygen atoms in total. The summed E-state index contributed by atoms with van der Waals surface area (Å²) in [7, 11) is 3.30. The standard InChI is InChI=1S/C26H30N2O2S2.Cu/c1-29-21-11-7-19(8-12-21)25(31)15-17-27-23-5-3-4-6-24(23)28-18-16-26(32)20-9-13-22(30-2)14-10-20;/h7-18,23-24,31-32H,3-6H2,1-2H3;/q;+2/p-2/b25-15-,26-16-,27-17?,28-18?;/t23-,24-;/m1./s1. The SMILES string of the molecule is COc1ccc(/C([S-])=C/C=N[C@@H]2CCCC[C@H]2N=C/C=C(\[S-])c2ccc(OC)cc2)cc1.[Cu+2]. The van der Waals surface area contributed by atoms with Gasteiger partial charge in [0.2, 0.25) is 0 Å². The van der Waals surface area contributed by atoms with Gasteiger partial charge in [0.15, 0.2) is 0 Å². The van der Waals surface area contributed by atoms with Gasteiger partial charge in [-0.3, -0.25) is 9.98 Å². The minimum absolute atomic E-state index is 0. The van der Waals surface area contributed by atoms with Gasteiger partial charge in [-0.15, -0.1) is 0 Å². The average molecular weight is 528 g/mol. The summed E-state index contributed by atoms with van der Waals surface area (Å²) in [5.74, 6) is 1.63. The molecule has 1 fully saturated rings. The van der Waals surface area contributed by atoms with Gasteiger partial charge in [0.05, 0.1) is 26.3 Å². The van der Waals surface area contributed by atoms with Crippen molar-refractivity contribution in [1.82, 2.24) is 0 Å². The summed E-state index contributed by atoms with van der Waals surface area (Å²) < 4.78 is 10.4. The van der Waals surface area contributed by atoms with Gasteiger partial charge in [0.25, 0.3) is 0 Å². The molecule has 0 heterocycles. The molecule has 177 valence electrons. The number of benzene rings is 2. The molecular formula is C26H28CuN2O2S2. The van der Waals surface area contributed by atoms with Crippen LogP contribution in [0.1, 0.15) is 36.8 Å². The van der Waals surface area contributed by atoms with Crippen LogP contribution in [0.2, 0.25) is 0 Å². The van der Waals surface area contributed by atoms with Crippen LogP contribution in [0.3, 0.4) is 0 Å². The zero-order chi connectivity index (χ0) is 22.8. The third-order valence-corrected chi connectivity index (χ3v) is 6.19. The van der Waals surface area contributed by atoms with Crippen LogP contribution in [0.4, 0.5) is 0 Å². The Hall–Kier alpha value is -2.18. The van der Waals surface area contributed by atoms with Crippen molar-refractivity contribution in [2.75, 3.05) is 14.2 Å². The molecule has 0 amide bonds. The number of rotatable bonds is 8. The third-order valence-electron chi connectivity index (χ3n) is 5.45. The van der Waals surface area contributed by atoms with Crippen molar-refractivity contribution in [1.29, 1.82) is 0 Å². The summed E-state index contributed by atoms with van der Waals surface area (Å²) in [5.41, 5.74) is 1.96. The van der Waals surface area contributed by atoms with E-state index in [2.05, 4.69) is 0 Å². The molecule has 1 aliphatic rings. The molecule has 3 rings (SSSR count). The predicted molar refractivity (Wildman–Crippen MR) is 140 cm³/mol. The molecule has 0 aromatic heterocycles. The van der Waals surface area contributed by atoms with Crippen molar-refractivity contribution in [2.24, 2.45) is 9.98 Å². The second-order valence-electron chi connectivity index (χ2n) is 7.53. The number of allylic oxidation sites excluding steroid dienone is 2. The molecule has 1 aliphatic carbocycles. The van der Waals surface area contributed by atoms with Crippen LogP contribution in [0.25, 0.3) is 9.81 Å². The first-order valence-corrected chi connectivity index (χ1v) is 11.5. The monoisotopic (exact) mass is 527 g/mol. The van der Waals surface area contributed by atoms with Gasteiger partial charge < -0.3 is 34.7 Å². The summed E-state index contributed by atoms with van der Waals surface area (Å²) in [6.07, 6.45) is 11.8. The molecule has 0 aliphatic heterocycles. The van der Waals surface area contributed by atoms with Crippen LogP contribution in [0.5, 0.6) is 11.5 Å². The van der Waals surface area contributed by atoms with E-state index in [-0.39, 0.29) is 29.2 Å². The molecule has 33 heavy (non-hydrogen) atoms. The van der Waals surface area contributed by atoms with Gasteiger partial charge in [-0.05, 0) is 48.2 Å². The van der Waals surface area contributed by atoms with Crippen LogP contribution in [0, 0.1) is 0 Å². The molecule has 0 N–H and O–H groups in total. The van der Waals surface area contributed by atoms with Crippen molar-refractivity contribution in [3.05, 3.63) is 71.8 Å². The summed E-state index contributed by atoms with van der Waals surface area (Å²) in [6.45, 7) is 0. The van der Waals surface area contributed by atoms with E-state index in [4.69, 9.17) is 44.7 Å². The van der Waals surface area contributed by atoms with Gasteiger partial charge in [0.1, 0.15) is 11.5 Å². The number of hydrogen-bond acceptors (Lipinski definition) is 6. The van der Waals surface area contributed by atoms with E-state index in [1.807, 2.05) is 73.1 Å². The van der Waals surface area contributed by atoms with Gasteiger partial charge in [-0.1, -0.05) is 49.3 Å². The van der Waals surface area contributed by atoms with Crippen LogP contribution >= 0.6 is 0 Å². The molecule has 0 bridgehead atoms. The Labute approximate surface area is 218 Å². The van der Waals surface area contributed by atoms with E-state index in [0.717, 1.165) is 45.3 Å². The molecule has 1 radical (unpaired) electrons. The van der Waals surface area contributed by atoms with E-state index < -0.39 is 0 Å². The predicted octanol–water partition coefficient (Wildman–Crippen LogP) is 5.63. The molecule has 1 saturated carbocycles. The summed E-state index contributed by atoms with van der Waals surface area (Å²) in [5, 5.41) is 0. The maximum Gasteiger partial charge on any atom is 2.00 e. The molecule has 0 spiro atoms. The fourth-order valence-corrected chi connectivity index (χ4v) is 3.98. The van der Waals surface area contributed by atoms with Gasteiger partial charge in [-0.25, -0.2) is 0 Å². The van der Waals surface area contributed by atoms with Crippen LogP contribution in [-0.4, -0.2) is 38.7 Å². The zero-order valence-corrected chi connectivity index (χ0v) is 21.3. The Morgan fingerprint density at radius 1 is 0.727 bits per heavy atom. The Morgan fingerprint density at radius 3 is 1.42 bits per heavy atom. The van der Waals surface area contributed by atoms with Gasteiger partial charge in [-0.2, -0.15) is 9.81 Å². The van der Waals surface area contributed by atoms with Crippen molar-refractivity contribution in [3.8, 4) is 11.5 Å². The Bertz CT molecular complexity index is 905. The van der Waals surface area contributed by atoms with Crippen molar-refractivity contribution >= 4 is 47.5 Å². The summed E-state index contributed by atoms with van der Waals surface area (Å²) >= 11 is 11.0. The summed E-state index contributed by atoms with van der Waals surface area (Å²) in [6, 6.07) is 15.8. The first kappa shape index (κ1) is 27.1. The van der Waals surface area contributed by atoms with E-state index in [9.17, 15) is 0 Å². The van der Waals surface area contributed by atoms with E-state index >= 15 is 0 Å². The molecule has 2 aromatic rings. The minimum atomic E-state index is 0. The fourth-order valence-electron chi connectivity index (χ4n) is 3.59. The maximum absolute atomic E-state index is 5.51. The zero-order valence-electron chi connectivity index (χ0n) is 18.7. The number of ether oxygens (including phenoxy) is 2. The molecule has 0 unspecified atom stereocenters. The maximum atomic E-state index is 5.51. The number of nitrogens with zero attached hydrogens (tertiary/aromatic N) is 2. The van der Waals surface area contributed by atoms with Crippen molar-refractivity contribution in [2.45, 2.75) is 37.8 Å². The Kier molecular flexibility index (Phi) is 11.6. The molecule has 2 aromatic carbocycles. The number of hydrogen-bond donors (Lipinski definition) is 0. The smallest absolute Gasteiger partial charge is 0.779 e. The van der Waals surface area contributed by atoms with Crippen LogP contribution in [0.15, 0.2) is 70.7 Å². The largest absolute Gasteiger partial charge is 2.00 e. The Balaban J connectivity index is 0.00000385. The van der Waals surface area contributed by atoms with Gasteiger partial charge in [0, 0.05) is 12.4 Å². The second kappa shape index (κ2) is 14.2. The van der Waals surface area contributed by atoms with E-state index in [1.165, 1.54) is 12.8 Å². The Morgan fingerprint density at radius 2 is 1.09 bits per heavy atom. The van der Waals surface area contributed by atoms with E-state index in [1.54, 1.807) is 14.2 Å². The molecule has 0 saturated heterocycles. The number of methoxy groups -OCH3 is 2. The van der Waals surface area contributed by atoms with Gasteiger partial charge >= 0.3 is 17.1 Å². The topological polar surface area (TPSA) is 43.2 Å². The normalized spacial score (nSPS) is 19.5. The first-order valence-electron chi connectivity index (χ1n) is 10.7. The fraction of sp³-hybridized carbons (Fsp3) is 0.308. The number of aliphatic imine (C=N–C) groups is 2. The summed E-state index contributed by atoms with van der Waals surface area (Å²) in [4.78, 5) is 11.1. The van der Waals surface area contributed by atoms with Crippen LogP contribution in [-0.2, 0) is 42.3 Å². The second-order valence-corrected chi connectivity index (χ2v) is 8.41. The first-order chi connectivity index (χ1) is 15.6. The molecular weight excluding hydrogens is 500 g/mol. The van der Waals surface area contributed by atoms with Crippen molar-refractivity contribution in [3.63, 3.8) is 0 Å². The van der Waals surface area contributed by atoms with Crippen LogP contribution < -0.4 is 9.47 Å².